The quantitative estimate of drug-likeness (QED) is 0.713. The van der Waals surface area contributed by atoms with Crippen LogP contribution in [0.2, 0.25) is 0 Å². The van der Waals surface area contributed by atoms with E-state index in [1.165, 1.54) is 0 Å². The molecule has 0 fully saturated rings. The lowest BCUT2D eigenvalue weighted by Gasteiger charge is -2.19. The Hall–Kier alpha value is -0.920. The normalized spacial score (nSPS) is 14.8. The Labute approximate surface area is 101 Å². The molecule has 0 aliphatic carbocycles. The van der Waals surface area contributed by atoms with Crippen LogP contribution in [0.1, 0.15) is 11.7 Å². The highest BCUT2D eigenvalue weighted by Gasteiger charge is 2.25. The molecule has 0 aromatic heterocycles. The number of thiol groups is 1. The van der Waals surface area contributed by atoms with Crippen molar-refractivity contribution in [2.24, 2.45) is 0 Å². The number of hydrogen-bond acceptors (Lipinski definition) is 4. The average molecular weight is 268 g/mol. The maximum absolute atomic E-state index is 13.4. The Morgan fingerprint density at radius 1 is 1.29 bits per heavy atom. The van der Waals surface area contributed by atoms with Gasteiger partial charge in [0.2, 0.25) is 0 Å². The van der Waals surface area contributed by atoms with Crippen LogP contribution in [-0.4, -0.2) is 28.7 Å². The van der Waals surface area contributed by atoms with Crippen molar-refractivity contribution in [2.75, 3.05) is 5.75 Å². The maximum atomic E-state index is 13.4. The minimum atomic E-state index is -3.14. The van der Waals surface area contributed by atoms with Crippen molar-refractivity contribution >= 4 is 12.6 Å². The lowest BCUT2D eigenvalue weighted by Crippen LogP contribution is -2.22. The molecule has 2 atom stereocenters. The molecule has 0 radical (unpaired) electrons. The van der Waals surface area contributed by atoms with Crippen LogP contribution in [0, 0.1) is 5.82 Å². The highest BCUT2D eigenvalue weighted by Crippen LogP contribution is 2.31. The zero-order valence-electron chi connectivity index (χ0n) is 8.55. The van der Waals surface area contributed by atoms with Gasteiger partial charge in [0.15, 0.2) is 0 Å². The van der Waals surface area contributed by atoms with Gasteiger partial charge in [-0.2, -0.15) is 21.4 Å². The van der Waals surface area contributed by atoms with Crippen LogP contribution in [-0.2, 0) is 0 Å². The number of aliphatic hydroxyl groups excluding tert-OH is 2. The van der Waals surface area contributed by atoms with Gasteiger partial charge in [-0.3, -0.25) is 0 Å². The molecule has 2 N–H and O–H groups in total. The van der Waals surface area contributed by atoms with Gasteiger partial charge < -0.3 is 14.9 Å². The van der Waals surface area contributed by atoms with Gasteiger partial charge in [-0.05, 0) is 12.1 Å². The number of benzene rings is 1. The summed E-state index contributed by atoms with van der Waals surface area (Å²) in [5.41, 5.74) is -0.505. The topological polar surface area (TPSA) is 49.7 Å². The second kappa shape index (κ2) is 6.13. The third-order valence-electron chi connectivity index (χ3n) is 2.08. The van der Waals surface area contributed by atoms with Crippen LogP contribution < -0.4 is 4.74 Å². The Kier molecular flexibility index (Phi) is 5.10. The molecule has 0 spiro atoms. The van der Waals surface area contributed by atoms with Gasteiger partial charge >= 0.3 is 6.61 Å². The molecule has 0 heterocycles. The standard InChI is InChI=1S/C10H11F3O3S/c11-5-2-1-3-7(16-10(12)13)8(5)9(15)6(14)4-17/h1-3,6,9-10,14-15,17H,4H2. The SMILES string of the molecule is OC(CS)C(O)c1c(F)cccc1OC(F)F. The van der Waals surface area contributed by atoms with E-state index in [1.807, 2.05) is 0 Å². The maximum Gasteiger partial charge on any atom is 0.387 e. The summed E-state index contributed by atoms with van der Waals surface area (Å²) >= 11 is 3.72. The van der Waals surface area contributed by atoms with E-state index in [9.17, 15) is 23.4 Å². The largest absolute Gasteiger partial charge is 0.434 e. The van der Waals surface area contributed by atoms with Gasteiger partial charge in [0.05, 0.1) is 11.7 Å². The first-order valence-electron chi connectivity index (χ1n) is 4.67. The van der Waals surface area contributed by atoms with Gasteiger partial charge in [0.25, 0.3) is 0 Å². The molecule has 7 heteroatoms. The van der Waals surface area contributed by atoms with Gasteiger partial charge in [-0.1, -0.05) is 6.07 Å². The second-order valence-electron chi connectivity index (χ2n) is 3.22. The van der Waals surface area contributed by atoms with Crippen molar-refractivity contribution in [1.29, 1.82) is 0 Å². The molecule has 2 unspecified atom stereocenters. The molecule has 0 aliphatic heterocycles. The first kappa shape index (κ1) is 14.1. The first-order chi connectivity index (χ1) is 7.97. The number of ether oxygens (including phenoxy) is 1. The highest BCUT2D eigenvalue weighted by molar-refractivity contribution is 7.80. The number of alkyl halides is 2. The van der Waals surface area contributed by atoms with Crippen molar-refractivity contribution < 1.29 is 28.1 Å². The molecule has 0 saturated heterocycles. The Balaban J connectivity index is 3.10. The van der Waals surface area contributed by atoms with Crippen molar-refractivity contribution in [2.45, 2.75) is 18.8 Å². The van der Waals surface area contributed by atoms with Crippen LogP contribution in [0.15, 0.2) is 18.2 Å². The average Bonchev–Trinajstić information content (AvgIpc) is 2.26. The molecule has 1 aromatic rings. The number of hydrogen-bond donors (Lipinski definition) is 3. The van der Waals surface area contributed by atoms with E-state index in [1.54, 1.807) is 0 Å². The number of rotatable bonds is 5. The minimum absolute atomic E-state index is 0.149. The lowest BCUT2D eigenvalue weighted by atomic mass is 10.0. The molecule has 1 rings (SSSR count). The summed E-state index contributed by atoms with van der Waals surface area (Å²) in [6.45, 7) is -3.14. The summed E-state index contributed by atoms with van der Waals surface area (Å²) in [4.78, 5) is 0. The Morgan fingerprint density at radius 2 is 1.94 bits per heavy atom. The first-order valence-corrected chi connectivity index (χ1v) is 5.30. The predicted octanol–water partition coefficient (Wildman–Crippen LogP) is 1.75. The molecule has 96 valence electrons. The van der Waals surface area contributed by atoms with E-state index in [2.05, 4.69) is 17.4 Å². The van der Waals surface area contributed by atoms with Gasteiger partial charge in [0, 0.05) is 5.75 Å². The van der Waals surface area contributed by atoms with Gasteiger partial charge in [0.1, 0.15) is 17.7 Å². The lowest BCUT2D eigenvalue weighted by molar-refractivity contribution is -0.0537. The Morgan fingerprint density at radius 3 is 2.47 bits per heavy atom. The summed E-state index contributed by atoms with van der Waals surface area (Å²) in [6.07, 6.45) is -3.06. The summed E-state index contributed by atoms with van der Waals surface area (Å²) in [5.74, 6) is -1.59. The van der Waals surface area contributed by atoms with Crippen LogP contribution >= 0.6 is 12.6 Å². The minimum Gasteiger partial charge on any atom is -0.434 e. The number of halogens is 3. The molecular formula is C10H11F3O3S. The molecule has 3 nitrogen and oxygen atoms in total. The third kappa shape index (κ3) is 3.52. The van der Waals surface area contributed by atoms with Crippen LogP contribution in [0.4, 0.5) is 13.2 Å². The van der Waals surface area contributed by atoms with Crippen LogP contribution in [0.25, 0.3) is 0 Å². The molecule has 0 amide bonds. The zero-order chi connectivity index (χ0) is 13.0. The number of aliphatic hydroxyl groups is 2. The van der Waals surface area contributed by atoms with Crippen molar-refractivity contribution in [3.63, 3.8) is 0 Å². The van der Waals surface area contributed by atoms with Crippen molar-refractivity contribution in [1.82, 2.24) is 0 Å². The fourth-order valence-electron chi connectivity index (χ4n) is 1.30. The van der Waals surface area contributed by atoms with Crippen molar-refractivity contribution in [3.05, 3.63) is 29.6 Å². The fourth-order valence-corrected chi connectivity index (χ4v) is 1.49. The summed E-state index contributed by atoms with van der Waals surface area (Å²) < 4.78 is 41.6. The third-order valence-corrected chi connectivity index (χ3v) is 2.45. The van der Waals surface area contributed by atoms with E-state index < -0.39 is 35.9 Å². The highest BCUT2D eigenvalue weighted by atomic mass is 32.1. The van der Waals surface area contributed by atoms with Crippen molar-refractivity contribution in [3.8, 4) is 5.75 Å². The summed E-state index contributed by atoms with van der Waals surface area (Å²) in [5, 5.41) is 18.9. The van der Waals surface area contributed by atoms with Crippen LogP contribution in [0.5, 0.6) is 5.75 Å². The molecule has 0 bridgehead atoms. The summed E-state index contributed by atoms with van der Waals surface area (Å²) in [6, 6.07) is 3.22. The van der Waals surface area contributed by atoms with E-state index >= 15 is 0 Å². The second-order valence-corrected chi connectivity index (χ2v) is 3.59. The van der Waals surface area contributed by atoms with E-state index in [0.29, 0.717) is 0 Å². The molecule has 0 saturated carbocycles. The smallest absolute Gasteiger partial charge is 0.387 e. The molecular weight excluding hydrogens is 257 g/mol. The van der Waals surface area contributed by atoms with Crippen LogP contribution in [0.3, 0.4) is 0 Å². The molecule has 1 aromatic carbocycles. The van der Waals surface area contributed by atoms with Gasteiger partial charge in [-0.25, -0.2) is 4.39 Å². The fraction of sp³-hybridized carbons (Fsp3) is 0.400. The predicted molar refractivity (Wildman–Crippen MR) is 57.9 cm³/mol. The van der Waals surface area contributed by atoms with E-state index in [-0.39, 0.29) is 5.75 Å². The molecule has 0 aliphatic rings. The summed E-state index contributed by atoms with van der Waals surface area (Å²) in [7, 11) is 0. The monoisotopic (exact) mass is 268 g/mol. The Bertz CT molecular complexity index is 376. The van der Waals surface area contributed by atoms with E-state index in [0.717, 1.165) is 18.2 Å². The van der Waals surface area contributed by atoms with Gasteiger partial charge in [-0.15, -0.1) is 0 Å². The molecule has 17 heavy (non-hydrogen) atoms. The zero-order valence-corrected chi connectivity index (χ0v) is 9.45. The van der Waals surface area contributed by atoms with E-state index in [4.69, 9.17) is 0 Å².